The molecule has 1 saturated heterocycles. The number of ether oxygens (including phenoxy) is 1. The van der Waals surface area contributed by atoms with Gasteiger partial charge >= 0.3 is 0 Å². The van der Waals surface area contributed by atoms with Crippen molar-refractivity contribution in [3.63, 3.8) is 0 Å². The van der Waals surface area contributed by atoms with Gasteiger partial charge in [-0.15, -0.1) is 11.3 Å². The summed E-state index contributed by atoms with van der Waals surface area (Å²) in [7, 11) is 0. The number of piperazine rings is 1. The summed E-state index contributed by atoms with van der Waals surface area (Å²) in [6.45, 7) is 2.13. The van der Waals surface area contributed by atoms with Crippen molar-refractivity contribution < 1.29 is 14.3 Å². The Balaban J connectivity index is 1.33. The molecule has 0 radical (unpaired) electrons. The van der Waals surface area contributed by atoms with Crippen LogP contribution in [-0.2, 0) is 4.79 Å². The predicted octanol–water partition coefficient (Wildman–Crippen LogP) is 3.78. The van der Waals surface area contributed by atoms with Crippen LogP contribution in [0, 0.1) is 0 Å². The van der Waals surface area contributed by atoms with Crippen LogP contribution in [0.3, 0.4) is 0 Å². The summed E-state index contributed by atoms with van der Waals surface area (Å²) in [6.07, 6.45) is 0. The molecule has 1 aliphatic rings. The first-order chi connectivity index (χ1) is 14.2. The van der Waals surface area contributed by atoms with E-state index < -0.39 is 0 Å². The second-order valence-corrected chi connectivity index (χ2v) is 7.75. The lowest BCUT2D eigenvalue weighted by Gasteiger charge is -2.34. The van der Waals surface area contributed by atoms with Crippen LogP contribution in [0.1, 0.15) is 9.67 Å². The molecular weight excluding hydrogens is 384 g/mol. The van der Waals surface area contributed by atoms with Gasteiger partial charge in [0.25, 0.3) is 11.8 Å². The van der Waals surface area contributed by atoms with E-state index >= 15 is 0 Å². The number of hydrogen-bond donors (Lipinski definition) is 0. The predicted molar refractivity (Wildman–Crippen MR) is 114 cm³/mol. The first-order valence-electron chi connectivity index (χ1n) is 9.60. The van der Waals surface area contributed by atoms with E-state index in [0.717, 1.165) is 16.0 Å². The first kappa shape index (κ1) is 19.2. The van der Waals surface area contributed by atoms with Gasteiger partial charge in [0, 0.05) is 31.7 Å². The molecule has 0 bridgehead atoms. The van der Waals surface area contributed by atoms with E-state index in [1.165, 1.54) is 11.3 Å². The molecule has 1 aliphatic heterocycles. The van der Waals surface area contributed by atoms with Crippen molar-refractivity contribution in [3.05, 3.63) is 77.0 Å². The summed E-state index contributed by atoms with van der Waals surface area (Å²) in [5.41, 5.74) is 2.02. The van der Waals surface area contributed by atoms with Crippen LogP contribution < -0.4 is 4.74 Å². The maximum absolute atomic E-state index is 12.6. The summed E-state index contributed by atoms with van der Waals surface area (Å²) >= 11 is 1.45. The van der Waals surface area contributed by atoms with Crippen LogP contribution in [0.15, 0.2) is 72.1 Å². The smallest absolute Gasteiger partial charge is 0.264 e. The van der Waals surface area contributed by atoms with Crippen LogP contribution in [0.25, 0.3) is 11.1 Å². The van der Waals surface area contributed by atoms with Gasteiger partial charge in [-0.05, 0) is 23.1 Å². The second kappa shape index (κ2) is 8.92. The number of amides is 2. The summed E-state index contributed by atoms with van der Waals surface area (Å²) in [4.78, 5) is 29.4. The van der Waals surface area contributed by atoms with Crippen LogP contribution in [0.2, 0.25) is 0 Å². The van der Waals surface area contributed by atoms with Gasteiger partial charge in [-0.2, -0.15) is 0 Å². The molecule has 4 rings (SSSR count). The Morgan fingerprint density at radius 1 is 0.828 bits per heavy atom. The number of hydrogen-bond acceptors (Lipinski definition) is 4. The number of para-hydroxylation sites is 1. The summed E-state index contributed by atoms with van der Waals surface area (Å²) in [5.74, 6) is 0.676. The van der Waals surface area contributed by atoms with Crippen molar-refractivity contribution >= 4 is 23.2 Å². The van der Waals surface area contributed by atoms with Gasteiger partial charge in [0.2, 0.25) is 0 Å². The molecular formula is C23H22N2O3S. The van der Waals surface area contributed by atoms with E-state index in [2.05, 4.69) is 0 Å². The zero-order valence-corrected chi connectivity index (χ0v) is 16.8. The second-order valence-electron chi connectivity index (χ2n) is 6.80. The monoisotopic (exact) mass is 406 g/mol. The van der Waals surface area contributed by atoms with Gasteiger partial charge in [-0.25, -0.2) is 0 Å². The van der Waals surface area contributed by atoms with Gasteiger partial charge in [-0.3, -0.25) is 9.59 Å². The van der Waals surface area contributed by atoms with Crippen LogP contribution in [0.4, 0.5) is 0 Å². The zero-order valence-electron chi connectivity index (χ0n) is 16.0. The zero-order chi connectivity index (χ0) is 20.1. The third-order valence-corrected chi connectivity index (χ3v) is 5.83. The molecule has 2 amide bonds. The highest BCUT2D eigenvalue weighted by molar-refractivity contribution is 7.12. The van der Waals surface area contributed by atoms with Gasteiger partial charge < -0.3 is 14.5 Å². The normalized spacial score (nSPS) is 13.9. The maximum Gasteiger partial charge on any atom is 0.264 e. The standard InChI is InChI=1S/C23H22N2O3S/c26-22(24-12-14-25(15-13-24)23(27)21-11-6-16-29-21)17-28-20-10-5-4-9-19(20)18-7-2-1-3-8-18/h1-11,16H,12-15,17H2. The average molecular weight is 407 g/mol. The van der Waals surface area contributed by atoms with E-state index in [9.17, 15) is 9.59 Å². The number of carbonyl (C=O) groups excluding carboxylic acids is 2. The first-order valence-corrected chi connectivity index (χ1v) is 10.5. The molecule has 1 aromatic heterocycles. The third kappa shape index (κ3) is 4.49. The van der Waals surface area contributed by atoms with E-state index in [4.69, 9.17) is 4.74 Å². The Bertz CT molecular complexity index is 965. The molecule has 2 aromatic carbocycles. The number of rotatable bonds is 5. The minimum atomic E-state index is -0.0592. The molecule has 0 saturated carbocycles. The molecule has 0 N–H and O–H groups in total. The Morgan fingerprint density at radius 2 is 1.52 bits per heavy atom. The van der Waals surface area contributed by atoms with E-state index in [0.29, 0.717) is 31.9 Å². The van der Waals surface area contributed by atoms with Crippen molar-refractivity contribution in [2.75, 3.05) is 32.8 Å². The molecule has 1 fully saturated rings. The Morgan fingerprint density at radius 3 is 2.24 bits per heavy atom. The number of thiophene rings is 1. The van der Waals surface area contributed by atoms with Crippen LogP contribution in [0.5, 0.6) is 5.75 Å². The third-order valence-electron chi connectivity index (χ3n) is 4.97. The largest absolute Gasteiger partial charge is 0.483 e. The van der Waals surface area contributed by atoms with Crippen molar-refractivity contribution in [3.8, 4) is 16.9 Å². The van der Waals surface area contributed by atoms with E-state index in [1.807, 2.05) is 72.1 Å². The SMILES string of the molecule is O=C(COc1ccccc1-c1ccccc1)N1CCN(C(=O)c2cccs2)CC1. The van der Waals surface area contributed by atoms with Crippen molar-refractivity contribution in [2.24, 2.45) is 0 Å². The lowest BCUT2D eigenvalue weighted by Crippen LogP contribution is -2.51. The molecule has 0 unspecified atom stereocenters. The molecule has 0 atom stereocenters. The van der Waals surface area contributed by atoms with Crippen molar-refractivity contribution in [1.82, 2.24) is 9.80 Å². The molecule has 0 spiro atoms. The summed E-state index contributed by atoms with van der Waals surface area (Å²) in [6, 6.07) is 21.4. The highest BCUT2D eigenvalue weighted by Gasteiger charge is 2.25. The lowest BCUT2D eigenvalue weighted by atomic mass is 10.1. The van der Waals surface area contributed by atoms with Crippen molar-refractivity contribution in [2.45, 2.75) is 0 Å². The number of nitrogens with zero attached hydrogens (tertiary/aromatic N) is 2. The molecule has 3 aromatic rings. The molecule has 29 heavy (non-hydrogen) atoms. The fourth-order valence-electron chi connectivity index (χ4n) is 3.39. The highest BCUT2D eigenvalue weighted by Crippen LogP contribution is 2.29. The van der Waals surface area contributed by atoms with Gasteiger partial charge in [0.05, 0.1) is 4.88 Å². The molecule has 5 nitrogen and oxygen atoms in total. The summed E-state index contributed by atoms with van der Waals surface area (Å²) < 4.78 is 5.87. The highest BCUT2D eigenvalue weighted by atomic mass is 32.1. The van der Waals surface area contributed by atoms with Crippen LogP contribution >= 0.6 is 11.3 Å². The lowest BCUT2D eigenvalue weighted by molar-refractivity contribution is -0.134. The summed E-state index contributed by atoms with van der Waals surface area (Å²) in [5, 5.41) is 1.90. The average Bonchev–Trinajstić information content (AvgIpc) is 3.33. The fraction of sp³-hybridized carbons (Fsp3) is 0.217. The topological polar surface area (TPSA) is 49.9 Å². The molecule has 6 heteroatoms. The van der Waals surface area contributed by atoms with Crippen molar-refractivity contribution in [1.29, 1.82) is 0 Å². The van der Waals surface area contributed by atoms with E-state index in [-0.39, 0.29) is 18.4 Å². The minimum Gasteiger partial charge on any atom is -0.483 e. The molecule has 2 heterocycles. The molecule has 0 aliphatic carbocycles. The minimum absolute atomic E-state index is 0.0112. The van der Waals surface area contributed by atoms with Crippen LogP contribution in [-0.4, -0.2) is 54.4 Å². The quantitative estimate of drug-likeness (QED) is 0.648. The number of carbonyl (C=O) groups is 2. The van der Waals surface area contributed by atoms with Gasteiger partial charge in [-0.1, -0.05) is 54.6 Å². The molecule has 148 valence electrons. The fourth-order valence-corrected chi connectivity index (χ4v) is 4.09. The maximum atomic E-state index is 12.6. The van der Waals surface area contributed by atoms with E-state index in [1.54, 1.807) is 9.80 Å². The number of benzene rings is 2. The van der Waals surface area contributed by atoms with Gasteiger partial charge in [0.15, 0.2) is 6.61 Å². The Labute approximate surface area is 174 Å². The van der Waals surface area contributed by atoms with Gasteiger partial charge in [0.1, 0.15) is 5.75 Å². The Kier molecular flexibility index (Phi) is 5.91. The Hall–Kier alpha value is -3.12.